The van der Waals surface area contributed by atoms with Crippen molar-refractivity contribution < 1.29 is 13.9 Å². The first-order chi connectivity index (χ1) is 16.0. The second kappa shape index (κ2) is 9.99. The van der Waals surface area contributed by atoms with Crippen LogP contribution in [0.4, 0.5) is 10.1 Å². The van der Waals surface area contributed by atoms with Gasteiger partial charge in [0.05, 0.1) is 11.7 Å². The van der Waals surface area contributed by atoms with Crippen LogP contribution in [-0.4, -0.2) is 64.6 Å². The van der Waals surface area contributed by atoms with Gasteiger partial charge in [0.25, 0.3) is 5.91 Å². The largest absolute Gasteiger partial charge is 0.385 e. The Labute approximate surface area is 192 Å². The summed E-state index contributed by atoms with van der Waals surface area (Å²) in [4.78, 5) is 34.1. The molecule has 0 radical (unpaired) electrons. The first-order valence-electron chi connectivity index (χ1n) is 10.9. The molecule has 3 heterocycles. The number of benzene rings is 1. The zero-order valence-corrected chi connectivity index (χ0v) is 19.0. The van der Waals surface area contributed by atoms with E-state index in [4.69, 9.17) is 4.74 Å². The second-order valence-electron chi connectivity index (χ2n) is 8.06. The number of carbonyl (C=O) groups excluding carboxylic acids is 1. The molecule has 0 fully saturated rings. The number of aromatic nitrogens is 4. The molecule has 172 valence electrons. The predicted octanol–water partition coefficient (Wildman–Crippen LogP) is 3.30. The highest BCUT2D eigenvalue weighted by Crippen LogP contribution is 2.34. The maximum Gasteiger partial charge on any atom is 0.253 e. The molecule has 0 aliphatic carbocycles. The number of rotatable bonds is 7. The van der Waals surface area contributed by atoms with Crippen molar-refractivity contribution in [3.05, 3.63) is 65.5 Å². The first-order valence-corrected chi connectivity index (χ1v) is 10.9. The summed E-state index contributed by atoms with van der Waals surface area (Å²) >= 11 is 0. The molecule has 1 aliphatic heterocycles. The molecule has 0 saturated heterocycles. The lowest BCUT2D eigenvalue weighted by Crippen LogP contribution is -2.35. The van der Waals surface area contributed by atoms with Crippen molar-refractivity contribution in [2.45, 2.75) is 25.8 Å². The van der Waals surface area contributed by atoms with E-state index in [0.717, 1.165) is 17.7 Å². The van der Waals surface area contributed by atoms with Gasteiger partial charge in [-0.1, -0.05) is 0 Å². The van der Waals surface area contributed by atoms with E-state index >= 15 is 0 Å². The molecule has 0 spiro atoms. The molecule has 0 saturated carbocycles. The molecule has 1 atom stereocenters. The molecule has 9 heteroatoms. The first kappa shape index (κ1) is 22.7. The third-order valence-electron chi connectivity index (χ3n) is 5.82. The molecule has 1 aromatic carbocycles. The third-order valence-corrected chi connectivity index (χ3v) is 5.82. The van der Waals surface area contributed by atoms with Gasteiger partial charge < -0.3 is 14.5 Å². The van der Waals surface area contributed by atoms with Crippen LogP contribution in [0, 0.1) is 5.82 Å². The quantitative estimate of drug-likeness (QED) is 0.511. The van der Waals surface area contributed by atoms with Crippen LogP contribution in [0.2, 0.25) is 0 Å². The summed E-state index contributed by atoms with van der Waals surface area (Å²) in [5.41, 5.74) is 2.89. The van der Waals surface area contributed by atoms with Gasteiger partial charge in [0.1, 0.15) is 5.82 Å². The molecular formula is C24H27FN6O2. The Morgan fingerprint density at radius 2 is 2.00 bits per heavy atom. The van der Waals surface area contributed by atoms with E-state index in [-0.39, 0.29) is 11.9 Å². The summed E-state index contributed by atoms with van der Waals surface area (Å²) in [5, 5.41) is 0. The maximum atomic E-state index is 14.5. The zero-order chi connectivity index (χ0) is 23.4. The maximum absolute atomic E-state index is 14.5. The molecule has 0 N–H and O–H groups in total. The number of carbonyl (C=O) groups is 1. The summed E-state index contributed by atoms with van der Waals surface area (Å²) in [7, 11) is 3.34. The number of amides is 1. The molecule has 3 aromatic rings. The standard InChI is InChI=1S/C24H27FN6O2/c1-16-20-15-28-23(22-26-7-4-8-27-22)29-21(20)6-10-31(16)19-13-17(12-18(25)14-19)24(32)30(2)9-5-11-33-3/h4,7-8,12-16H,5-6,9-11H2,1-3H3. The van der Waals surface area contributed by atoms with Crippen molar-refractivity contribution >= 4 is 11.6 Å². The fraction of sp³-hybridized carbons (Fsp3) is 0.375. The van der Waals surface area contributed by atoms with E-state index in [1.165, 1.54) is 12.1 Å². The Bertz CT molecular complexity index is 1130. The number of methoxy groups -OCH3 is 1. The molecule has 2 aromatic heterocycles. The summed E-state index contributed by atoms with van der Waals surface area (Å²) in [6, 6.07) is 6.18. The van der Waals surface area contributed by atoms with E-state index < -0.39 is 5.82 Å². The van der Waals surface area contributed by atoms with Crippen molar-refractivity contribution in [1.82, 2.24) is 24.8 Å². The van der Waals surface area contributed by atoms with E-state index in [1.54, 1.807) is 49.8 Å². The average molecular weight is 451 g/mol. The Balaban J connectivity index is 1.56. The summed E-state index contributed by atoms with van der Waals surface area (Å²) in [6.07, 6.45) is 6.50. The van der Waals surface area contributed by atoms with Crippen molar-refractivity contribution in [2.24, 2.45) is 0 Å². The van der Waals surface area contributed by atoms with E-state index in [9.17, 15) is 9.18 Å². The lowest BCUT2D eigenvalue weighted by atomic mass is 9.98. The van der Waals surface area contributed by atoms with Crippen LogP contribution in [0.3, 0.4) is 0 Å². The van der Waals surface area contributed by atoms with Gasteiger partial charge >= 0.3 is 0 Å². The Kier molecular flexibility index (Phi) is 6.88. The Morgan fingerprint density at radius 3 is 2.76 bits per heavy atom. The summed E-state index contributed by atoms with van der Waals surface area (Å²) in [5.74, 6) is 0.322. The average Bonchev–Trinajstić information content (AvgIpc) is 2.83. The van der Waals surface area contributed by atoms with Gasteiger partial charge in [-0.05, 0) is 37.6 Å². The van der Waals surface area contributed by atoms with Crippen LogP contribution in [-0.2, 0) is 11.2 Å². The number of fused-ring (bicyclic) bond motifs is 1. The fourth-order valence-corrected chi connectivity index (χ4v) is 4.07. The summed E-state index contributed by atoms with van der Waals surface area (Å²) < 4.78 is 19.6. The molecule has 1 amide bonds. The summed E-state index contributed by atoms with van der Waals surface area (Å²) in [6.45, 7) is 3.78. The molecule has 33 heavy (non-hydrogen) atoms. The molecule has 0 bridgehead atoms. The van der Waals surface area contributed by atoms with Crippen LogP contribution >= 0.6 is 0 Å². The smallest absolute Gasteiger partial charge is 0.253 e. The number of hydrogen-bond donors (Lipinski definition) is 0. The van der Waals surface area contributed by atoms with Gasteiger partial charge in [0.15, 0.2) is 11.6 Å². The van der Waals surface area contributed by atoms with Gasteiger partial charge in [-0.3, -0.25) is 4.79 Å². The molecular weight excluding hydrogens is 423 g/mol. The lowest BCUT2D eigenvalue weighted by Gasteiger charge is -2.36. The number of nitrogens with zero attached hydrogens (tertiary/aromatic N) is 6. The van der Waals surface area contributed by atoms with Gasteiger partial charge in [-0.2, -0.15) is 0 Å². The molecule has 1 unspecified atom stereocenters. The van der Waals surface area contributed by atoms with Gasteiger partial charge in [0, 0.05) is 75.7 Å². The minimum absolute atomic E-state index is 0.0799. The highest BCUT2D eigenvalue weighted by atomic mass is 19.1. The van der Waals surface area contributed by atoms with E-state index in [2.05, 4.69) is 24.8 Å². The highest BCUT2D eigenvalue weighted by Gasteiger charge is 2.27. The zero-order valence-electron chi connectivity index (χ0n) is 19.0. The molecule has 8 nitrogen and oxygen atoms in total. The van der Waals surface area contributed by atoms with Crippen LogP contribution in [0.5, 0.6) is 0 Å². The SMILES string of the molecule is COCCCN(C)C(=O)c1cc(F)cc(N2CCc3nc(-c4ncccn4)ncc3C2C)c1. The van der Waals surface area contributed by atoms with Crippen molar-refractivity contribution in [2.75, 3.05) is 38.8 Å². The minimum Gasteiger partial charge on any atom is -0.385 e. The Morgan fingerprint density at radius 1 is 1.21 bits per heavy atom. The second-order valence-corrected chi connectivity index (χ2v) is 8.06. The van der Waals surface area contributed by atoms with Crippen LogP contribution in [0.15, 0.2) is 42.9 Å². The molecule has 4 rings (SSSR count). The Hall–Kier alpha value is -3.46. The van der Waals surface area contributed by atoms with Crippen LogP contribution < -0.4 is 4.90 Å². The number of hydrogen-bond acceptors (Lipinski definition) is 7. The predicted molar refractivity (Wildman–Crippen MR) is 122 cm³/mol. The van der Waals surface area contributed by atoms with Crippen molar-refractivity contribution in [3.8, 4) is 11.6 Å². The number of anilines is 1. The normalized spacial score (nSPS) is 15.3. The highest BCUT2D eigenvalue weighted by molar-refractivity contribution is 5.95. The molecule has 1 aliphatic rings. The van der Waals surface area contributed by atoms with Crippen LogP contribution in [0.1, 0.15) is 41.0 Å². The van der Waals surface area contributed by atoms with E-state index in [0.29, 0.717) is 49.0 Å². The minimum atomic E-state index is -0.438. The van der Waals surface area contributed by atoms with Gasteiger partial charge in [-0.25, -0.2) is 24.3 Å². The fourth-order valence-electron chi connectivity index (χ4n) is 4.07. The lowest BCUT2D eigenvalue weighted by molar-refractivity contribution is 0.0779. The van der Waals surface area contributed by atoms with Crippen LogP contribution in [0.25, 0.3) is 11.6 Å². The van der Waals surface area contributed by atoms with Crippen molar-refractivity contribution in [1.29, 1.82) is 0 Å². The monoisotopic (exact) mass is 450 g/mol. The number of ether oxygens (including phenoxy) is 1. The number of halogens is 1. The third kappa shape index (κ3) is 4.98. The van der Waals surface area contributed by atoms with Gasteiger partial charge in [0.2, 0.25) is 0 Å². The van der Waals surface area contributed by atoms with E-state index in [1.807, 2.05) is 6.92 Å². The van der Waals surface area contributed by atoms with Gasteiger partial charge in [-0.15, -0.1) is 0 Å². The topological polar surface area (TPSA) is 84.3 Å². The van der Waals surface area contributed by atoms with Crippen molar-refractivity contribution in [3.63, 3.8) is 0 Å².